The first-order valence-electron chi connectivity index (χ1n) is 11.3. The van der Waals surface area contributed by atoms with Gasteiger partial charge in [0.25, 0.3) is 5.69 Å². The average molecular weight is 500 g/mol. The maximum atomic E-state index is 13.9. The van der Waals surface area contributed by atoms with Gasteiger partial charge in [0.2, 0.25) is 11.8 Å². The van der Waals surface area contributed by atoms with Crippen LogP contribution in [-0.4, -0.2) is 33.5 Å². The molecule has 3 aromatic carbocycles. The third-order valence-electron chi connectivity index (χ3n) is 7.17. The molecule has 0 aromatic heterocycles. The van der Waals surface area contributed by atoms with Gasteiger partial charge < -0.3 is 4.90 Å². The number of rotatable bonds is 4. The molecule has 9 heteroatoms. The molecule has 6 rings (SSSR count). The molecule has 0 unspecified atom stereocenters. The van der Waals surface area contributed by atoms with Crippen LogP contribution in [0.25, 0.3) is 6.08 Å². The molecule has 3 heterocycles. The molecule has 3 aromatic rings. The summed E-state index contributed by atoms with van der Waals surface area (Å²) in [6.45, 7) is 0. The van der Waals surface area contributed by atoms with Crippen LogP contribution in [0.15, 0.2) is 79.0 Å². The van der Waals surface area contributed by atoms with Crippen LogP contribution in [0.3, 0.4) is 0 Å². The lowest BCUT2D eigenvalue weighted by molar-refractivity contribution is -0.384. The van der Waals surface area contributed by atoms with Gasteiger partial charge in [0.15, 0.2) is 5.78 Å². The summed E-state index contributed by atoms with van der Waals surface area (Å²) in [6, 6.07) is 18.4. The van der Waals surface area contributed by atoms with Gasteiger partial charge in [-0.05, 0) is 23.3 Å². The van der Waals surface area contributed by atoms with Gasteiger partial charge in [-0.3, -0.25) is 24.5 Å². The fourth-order valence-corrected chi connectivity index (χ4v) is 5.86. The summed E-state index contributed by atoms with van der Waals surface area (Å²) in [6.07, 6.45) is 3.66. The van der Waals surface area contributed by atoms with Crippen LogP contribution in [-0.2, 0) is 9.59 Å². The lowest BCUT2D eigenvalue weighted by Gasteiger charge is -2.35. The number of nitro groups is 1. The van der Waals surface area contributed by atoms with E-state index in [1.807, 2.05) is 35.2 Å². The van der Waals surface area contributed by atoms with E-state index in [0.29, 0.717) is 5.56 Å². The second kappa shape index (κ2) is 8.13. The summed E-state index contributed by atoms with van der Waals surface area (Å²) in [4.78, 5) is 55.1. The highest BCUT2D eigenvalue weighted by molar-refractivity contribution is 6.36. The van der Waals surface area contributed by atoms with Gasteiger partial charge in [-0.15, -0.1) is 0 Å². The third-order valence-corrected chi connectivity index (χ3v) is 7.49. The molecule has 2 saturated heterocycles. The van der Waals surface area contributed by atoms with E-state index in [0.717, 1.165) is 22.1 Å². The zero-order valence-corrected chi connectivity index (χ0v) is 19.4. The number of Topliss-reactive ketones (excluding diaryl/α,β-unsaturated/α-hetero) is 1. The summed E-state index contributed by atoms with van der Waals surface area (Å²) in [5.41, 5.74) is 1.83. The number of hydrogen-bond acceptors (Lipinski definition) is 6. The van der Waals surface area contributed by atoms with Crippen molar-refractivity contribution in [2.45, 2.75) is 12.1 Å². The average Bonchev–Trinajstić information content (AvgIpc) is 3.37. The first-order chi connectivity index (χ1) is 17.4. The molecule has 0 saturated carbocycles. The Morgan fingerprint density at radius 1 is 0.917 bits per heavy atom. The van der Waals surface area contributed by atoms with Crippen LogP contribution in [0, 0.1) is 22.0 Å². The molecule has 0 N–H and O–H groups in total. The maximum Gasteiger partial charge on any atom is 0.271 e. The van der Waals surface area contributed by atoms with Gasteiger partial charge in [-0.1, -0.05) is 66.2 Å². The van der Waals surface area contributed by atoms with Crippen molar-refractivity contribution in [3.8, 4) is 0 Å². The first-order valence-corrected chi connectivity index (χ1v) is 11.7. The normalized spacial score (nSPS) is 23.9. The van der Waals surface area contributed by atoms with Crippen LogP contribution in [0.2, 0.25) is 5.02 Å². The fourth-order valence-electron chi connectivity index (χ4n) is 5.65. The van der Waals surface area contributed by atoms with Crippen molar-refractivity contribution in [1.82, 2.24) is 4.90 Å². The lowest BCUT2D eigenvalue weighted by atomic mass is 9.83. The molecule has 0 bridgehead atoms. The molecule has 2 fully saturated rings. The Hall–Kier alpha value is -4.30. The second-order valence-electron chi connectivity index (χ2n) is 8.97. The predicted molar refractivity (Wildman–Crippen MR) is 132 cm³/mol. The number of carbonyl (C=O) groups excluding carboxylic acids is 3. The number of fused-ring (bicyclic) bond motifs is 5. The Kier molecular flexibility index (Phi) is 5.01. The fraction of sp³-hybridized carbons (Fsp3) is 0.148. The number of nitrogens with zero attached hydrogens (tertiary/aromatic N) is 3. The van der Waals surface area contributed by atoms with Crippen LogP contribution >= 0.6 is 11.6 Å². The molecule has 3 aliphatic rings. The number of anilines is 1. The number of halogens is 1. The highest BCUT2D eigenvalue weighted by atomic mass is 35.5. The minimum atomic E-state index is -0.985. The van der Waals surface area contributed by atoms with E-state index in [4.69, 9.17) is 11.6 Å². The van der Waals surface area contributed by atoms with Gasteiger partial charge in [0, 0.05) is 23.9 Å². The maximum absolute atomic E-state index is 13.9. The summed E-state index contributed by atoms with van der Waals surface area (Å²) in [5, 5.41) is 11.4. The van der Waals surface area contributed by atoms with Crippen molar-refractivity contribution >= 4 is 46.6 Å². The van der Waals surface area contributed by atoms with E-state index in [1.165, 1.54) is 12.1 Å². The number of carbonyl (C=O) groups is 3. The van der Waals surface area contributed by atoms with Crippen molar-refractivity contribution in [1.29, 1.82) is 0 Å². The van der Waals surface area contributed by atoms with Crippen LogP contribution < -0.4 is 4.90 Å². The van der Waals surface area contributed by atoms with Crippen LogP contribution in [0.1, 0.15) is 27.5 Å². The lowest BCUT2D eigenvalue weighted by Crippen LogP contribution is -2.44. The zero-order chi connectivity index (χ0) is 25.1. The molecule has 4 atom stereocenters. The van der Waals surface area contributed by atoms with E-state index in [2.05, 4.69) is 0 Å². The molecule has 8 nitrogen and oxygen atoms in total. The molecule has 178 valence electrons. The molecule has 2 amide bonds. The molecular formula is C27H18ClN3O5. The van der Waals surface area contributed by atoms with E-state index >= 15 is 0 Å². The molecule has 3 aliphatic heterocycles. The number of benzene rings is 3. The van der Waals surface area contributed by atoms with Gasteiger partial charge >= 0.3 is 0 Å². The largest absolute Gasteiger partial charge is 0.358 e. The Bertz CT molecular complexity index is 1490. The van der Waals surface area contributed by atoms with Gasteiger partial charge in [0.05, 0.1) is 33.5 Å². The highest BCUT2D eigenvalue weighted by Crippen LogP contribution is 2.54. The van der Waals surface area contributed by atoms with Crippen LogP contribution in [0.4, 0.5) is 11.4 Å². The van der Waals surface area contributed by atoms with Crippen molar-refractivity contribution in [2.75, 3.05) is 4.90 Å². The van der Waals surface area contributed by atoms with Crippen molar-refractivity contribution in [3.05, 3.63) is 111 Å². The third kappa shape index (κ3) is 3.11. The number of hydrogen-bond donors (Lipinski definition) is 0. The van der Waals surface area contributed by atoms with E-state index < -0.39 is 40.7 Å². The van der Waals surface area contributed by atoms with Crippen molar-refractivity contribution in [3.63, 3.8) is 0 Å². The summed E-state index contributed by atoms with van der Waals surface area (Å²) >= 11 is 6.32. The number of amides is 2. The molecule has 0 spiro atoms. The van der Waals surface area contributed by atoms with Crippen molar-refractivity contribution < 1.29 is 19.3 Å². The molecular weight excluding hydrogens is 482 g/mol. The predicted octanol–water partition coefficient (Wildman–Crippen LogP) is 4.65. The summed E-state index contributed by atoms with van der Waals surface area (Å²) < 4.78 is 0. The van der Waals surface area contributed by atoms with Crippen LogP contribution in [0.5, 0.6) is 0 Å². The SMILES string of the molecule is O=C(c1ccccc1)[C@@H]1[C@@H]2C(=O)N(c3cc([N+](=O)[O-])ccc3Cl)C(=O)[C@H]2[C@H]2c3ccccc3C=CN12. The monoisotopic (exact) mass is 499 g/mol. The Labute approximate surface area is 210 Å². The zero-order valence-electron chi connectivity index (χ0n) is 18.7. The van der Waals surface area contributed by atoms with E-state index in [-0.39, 0.29) is 22.2 Å². The highest BCUT2D eigenvalue weighted by Gasteiger charge is 2.64. The first kappa shape index (κ1) is 22.2. The van der Waals surface area contributed by atoms with Gasteiger partial charge in [-0.25, -0.2) is 4.90 Å². The minimum absolute atomic E-state index is 0.0361. The Balaban J connectivity index is 1.51. The second-order valence-corrected chi connectivity index (χ2v) is 9.38. The molecule has 36 heavy (non-hydrogen) atoms. The summed E-state index contributed by atoms with van der Waals surface area (Å²) in [5.74, 6) is -3.25. The smallest absolute Gasteiger partial charge is 0.271 e. The number of ketones is 1. The number of nitro benzene ring substituents is 1. The molecule has 0 radical (unpaired) electrons. The Morgan fingerprint density at radius 3 is 2.36 bits per heavy atom. The number of non-ortho nitro benzene ring substituents is 1. The van der Waals surface area contributed by atoms with Gasteiger partial charge in [0.1, 0.15) is 6.04 Å². The van der Waals surface area contributed by atoms with Crippen molar-refractivity contribution in [2.24, 2.45) is 11.8 Å². The van der Waals surface area contributed by atoms with E-state index in [1.54, 1.807) is 36.5 Å². The van der Waals surface area contributed by atoms with Gasteiger partial charge in [-0.2, -0.15) is 0 Å². The Morgan fingerprint density at radius 2 is 1.61 bits per heavy atom. The summed E-state index contributed by atoms with van der Waals surface area (Å²) in [7, 11) is 0. The number of imide groups is 1. The minimum Gasteiger partial charge on any atom is -0.358 e. The molecule has 0 aliphatic carbocycles. The van der Waals surface area contributed by atoms with E-state index in [9.17, 15) is 24.5 Å². The topological polar surface area (TPSA) is 101 Å². The standard InChI is InChI=1S/C27H18ClN3O5/c28-19-11-10-17(31(35)36)14-20(19)30-26(33)21-22(27(30)34)24(25(32)16-7-2-1-3-8-16)29-13-12-15-6-4-5-9-18(15)23(21)29/h1-14,21-24H/t21-,22-,23-,24+/m1/s1. The quantitative estimate of drug-likeness (QED) is 0.224.